The van der Waals surface area contributed by atoms with E-state index < -0.39 is 0 Å². The van der Waals surface area contributed by atoms with Crippen LogP contribution in [0, 0.1) is 5.82 Å². The van der Waals surface area contributed by atoms with Gasteiger partial charge in [-0.05, 0) is 48.6 Å². The number of rotatable bonds is 3. The minimum Gasteiger partial charge on any atom is -0.336 e. The summed E-state index contributed by atoms with van der Waals surface area (Å²) in [5.74, 6) is -0.800. The molecule has 0 aromatic heterocycles. The van der Waals surface area contributed by atoms with Crippen molar-refractivity contribution in [1.29, 1.82) is 0 Å². The molecule has 30 heavy (non-hydrogen) atoms. The zero-order valence-corrected chi connectivity index (χ0v) is 16.9. The van der Waals surface area contributed by atoms with Crippen LogP contribution in [-0.2, 0) is 16.0 Å². The van der Waals surface area contributed by atoms with Crippen molar-refractivity contribution in [3.8, 4) is 0 Å². The molecule has 0 radical (unpaired) electrons. The Bertz CT molecular complexity index is 1020. The molecular formula is C25H25FN2O2. The van der Waals surface area contributed by atoms with Gasteiger partial charge in [0.1, 0.15) is 11.5 Å². The Balaban J connectivity index is 1.61. The average molecular weight is 404 g/mol. The van der Waals surface area contributed by atoms with E-state index in [0.29, 0.717) is 23.4 Å². The minimum atomic E-state index is -0.357. The second-order valence-electron chi connectivity index (χ2n) is 8.39. The Labute approximate surface area is 176 Å². The fourth-order valence-electron chi connectivity index (χ4n) is 5.08. The molecule has 4 nitrogen and oxygen atoms in total. The van der Waals surface area contributed by atoms with Gasteiger partial charge in [0.15, 0.2) is 0 Å². The molecule has 1 saturated carbocycles. The van der Waals surface area contributed by atoms with Crippen LogP contribution in [0.4, 0.5) is 10.1 Å². The van der Waals surface area contributed by atoms with Crippen LogP contribution in [0.5, 0.6) is 0 Å². The molecule has 0 bridgehead atoms. The normalized spacial score (nSPS) is 20.2. The fraction of sp³-hybridized carbons (Fsp3) is 0.360. The Hall–Kier alpha value is -2.95. The Morgan fingerprint density at radius 1 is 0.833 bits per heavy atom. The van der Waals surface area contributed by atoms with Gasteiger partial charge in [-0.1, -0.05) is 56.0 Å². The highest BCUT2D eigenvalue weighted by atomic mass is 19.1. The van der Waals surface area contributed by atoms with Crippen LogP contribution in [0.3, 0.4) is 0 Å². The van der Waals surface area contributed by atoms with E-state index in [9.17, 15) is 14.0 Å². The number of imide groups is 1. The summed E-state index contributed by atoms with van der Waals surface area (Å²) < 4.78 is 13.6. The minimum absolute atomic E-state index is 0.0571. The SMILES string of the molecule is O=C1C(c2ccc(F)cc2)=C(N2CCc3ccccc32)C(=O)N1C1CCCCCC1. The Kier molecular flexibility index (Phi) is 4.89. The Morgan fingerprint density at radius 3 is 2.27 bits per heavy atom. The lowest BCUT2D eigenvalue weighted by atomic mass is 10.0. The molecule has 2 amide bonds. The number of hydrogen-bond donors (Lipinski definition) is 0. The number of para-hydroxylation sites is 1. The van der Waals surface area contributed by atoms with Crippen molar-refractivity contribution in [2.75, 3.05) is 11.4 Å². The number of fused-ring (bicyclic) bond motifs is 1. The summed E-state index contributed by atoms with van der Waals surface area (Å²) >= 11 is 0. The monoisotopic (exact) mass is 404 g/mol. The predicted octanol–water partition coefficient (Wildman–Crippen LogP) is 4.69. The largest absolute Gasteiger partial charge is 0.336 e. The van der Waals surface area contributed by atoms with Crippen molar-refractivity contribution in [3.05, 3.63) is 71.2 Å². The second kappa shape index (κ2) is 7.71. The first kappa shape index (κ1) is 19.0. The van der Waals surface area contributed by atoms with Crippen molar-refractivity contribution in [2.24, 2.45) is 0 Å². The maximum absolute atomic E-state index is 13.7. The van der Waals surface area contributed by atoms with Crippen molar-refractivity contribution in [2.45, 2.75) is 51.0 Å². The van der Waals surface area contributed by atoms with Gasteiger partial charge in [-0.25, -0.2) is 4.39 Å². The van der Waals surface area contributed by atoms with Gasteiger partial charge < -0.3 is 4.90 Å². The topological polar surface area (TPSA) is 40.6 Å². The molecule has 1 fully saturated rings. The zero-order valence-electron chi connectivity index (χ0n) is 16.9. The fourth-order valence-corrected chi connectivity index (χ4v) is 5.08. The van der Waals surface area contributed by atoms with Crippen LogP contribution in [0.1, 0.15) is 49.7 Å². The van der Waals surface area contributed by atoms with Gasteiger partial charge in [0.25, 0.3) is 11.8 Å². The van der Waals surface area contributed by atoms with Crippen LogP contribution in [0.15, 0.2) is 54.2 Å². The van der Waals surface area contributed by atoms with E-state index in [4.69, 9.17) is 0 Å². The van der Waals surface area contributed by atoms with E-state index in [1.54, 1.807) is 12.1 Å². The highest BCUT2D eigenvalue weighted by molar-refractivity contribution is 6.37. The van der Waals surface area contributed by atoms with E-state index in [1.165, 1.54) is 22.6 Å². The third kappa shape index (κ3) is 3.13. The van der Waals surface area contributed by atoms with Crippen LogP contribution in [-0.4, -0.2) is 29.3 Å². The van der Waals surface area contributed by atoms with Crippen molar-refractivity contribution in [1.82, 2.24) is 4.90 Å². The quantitative estimate of drug-likeness (QED) is 0.550. The molecule has 5 rings (SSSR count). The number of hydrogen-bond acceptors (Lipinski definition) is 3. The van der Waals surface area contributed by atoms with Crippen molar-refractivity contribution in [3.63, 3.8) is 0 Å². The standard InChI is InChI=1S/C25H25FN2O2/c26-19-13-11-18(12-14-19)22-23(27-16-15-17-7-5-6-10-21(17)27)25(30)28(24(22)29)20-8-3-1-2-4-9-20/h5-7,10-14,20H,1-4,8-9,15-16H2. The first-order valence-corrected chi connectivity index (χ1v) is 10.9. The van der Waals surface area contributed by atoms with Crippen LogP contribution >= 0.6 is 0 Å². The molecule has 154 valence electrons. The molecule has 2 aliphatic heterocycles. The number of carbonyl (C=O) groups is 2. The second-order valence-corrected chi connectivity index (χ2v) is 8.39. The van der Waals surface area contributed by atoms with E-state index in [2.05, 4.69) is 6.07 Å². The smallest absolute Gasteiger partial charge is 0.278 e. The summed E-state index contributed by atoms with van der Waals surface area (Å²) in [4.78, 5) is 30.8. The molecule has 3 aliphatic rings. The molecular weight excluding hydrogens is 379 g/mol. The highest BCUT2D eigenvalue weighted by Crippen LogP contribution is 2.40. The van der Waals surface area contributed by atoms with Gasteiger partial charge in [0, 0.05) is 18.3 Å². The summed E-state index contributed by atoms with van der Waals surface area (Å²) in [6.07, 6.45) is 6.93. The first-order valence-electron chi connectivity index (χ1n) is 10.9. The van der Waals surface area contributed by atoms with Crippen molar-refractivity contribution < 1.29 is 14.0 Å². The van der Waals surface area contributed by atoms with Gasteiger partial charge in [-0.3, -0.25) is 14.5 Å². The van der Waals surface area contributed by atoms with Crippen LogP contribution < -0.4 is 4.90 Å². The first-order chi connectivity index (χ1) is 14.6. The molecule has 5 heteroatoms. The lowest BCUT2D eigenvalue weighted by molar-refractivity contribution is -0.139. The Morgan fingerprint density at radius 2 is 1.53 bits per heavy atom. The van der Waals surface area contributed by atoms with E-state index in [-0.39, 0.29) is 23.7 Å². The van der Waals surface area contributed by atoms with Gasteiger partial charge in [0.05, 0.1) is 5.57 Å². The summed E-state index contributed by atoms with van der Waals surface area (Å²) in [6, 6.07) is 13.9. The number of benzene rings is 2. The third-order valence-electron chi connectivity index (χ3n) is 6.57. The van der Waals surface area contributed by atoms with Crippen LogP contribution in [0.2, 0.25) is 0 Å². The van der Waals surface area contributed by atoms with Crippen LogP contribution in [0.25, 0.3) is 5.57 Å². The lowest BCUT2D eigenvalue weighted by Gasteiger charge is -2.27. The molecule has 2 heterocycles. The molecule has 0 spiro atoms. The van der Waals surface area contributed by atoms with E-state index in [0.717, 1.165) is 50.6 Å². The van der Waals surface area contributed by atoms with Crippen molar-refractivity contribution >= 4 is 23.1 Å². The maximum atomic E-state index is 13.7. The predicted molar refractivity (Wildman–Crippen MR) is 114 cm³/mol. The average Bonchev–Trinajstić information content (AvgIpc) is 3.14. The summed E-state index contributed by atoms with van der Waals surface area (Å²) in [5.41, 5.74) is 3.61. The lowest BCUT2D eigenvalue weighted by Crippen LogP contribution is -2.42. The van der Waals surface area contributed by atoms with Gasteiger partial charge in [-0.15, -0.1) is 0 Å². The number of carbonyl (C=O) groups excluding carboxylic acids is 2. The summed E-state index contributed by atoms with van der Waals surface area (Å²) in [7, 11) is 0. The van der Waals surface area contributed by atoms with E-state index >= 15 is 0 Å². The summed E-state index contributed by atoms with van der Waals surface area (Å²) in [5, 5.41) is 0. The molecule has 0 atom stereocenters. The summed E-state index contributed by atoms with van der Waals surface area (Å²) in [6.45, 7) is 0.664. The molecule has 0 saturated heterocycles. The number of anilines is 1. The number of halogens is 1. The molecule has 2 aromatic rings. The molecule has 1 aliphatic carbocycles. The molecule has 2 aromatic carbocycles. The molecule has 0 unspecified atom stereocenters. The highest BCUT2D eigenvalue weighted by Gasteiger charge is 2.45. The zero-order chi connectivity index (χ0) is 20.7. The maximum Gasteiger partial charge on any atom is 0.278 e. The van der Waals surface area contributed by atoms with E-state index in [1.807, 2.05) is 23.1 Å². The van der Waals surface area contributed by atoms with Gasteiger partial charge >= 0.3 is 0 Å². The molecule has 0 N–H and O–H groups in total. The van der Waals surface area contributed by atoms with Gasteiger partial charge in [0.2, 0.25) is 0 Å². The van der Waals surface area contributed by atoms with Gasteiger partial charge in [-0.2, -0.15) is 0 Å². The number of amides is 2. The number of nitrogens with zero attached hydrogens (tertiary/aromatic N) is 2. The third-order valence-corrected chi connectivity index (χ3v) is 6.57.